The molecule has 2 aromatic carbocycles. The lowest BCUT2D eigenvalue weighted by atomic mass is 10.0. The lowest BCUT2D eigenvalue weighted by molar-refractivity contribution is -0.150. The molecule has 0 unspecified atom stereocenters. The van der Waals surface area contributed by atoms with Crippen LogP contribution < -0.4 is 16.0 Å². The SMILES string of the molecule is N=C(N)c1ccc(NC(=O)[C@H](O)[C@H]2OCCN(c3cccc(C(=O)N4CCC(F)(F)CC4)c3)C2=O)cc1. The Balaban J connectivity index is 1.43. The number of hydrogen-bond acceptors (Lipinski definition) is 6. The number of nitrogens with zero attached hydrogens (tertiary/aromatic N) is 2. The van der Waals surface area contributed by atoms with Crippen LogP contribution in [0.2, 0.25) is 0 Å². The number of ether oxygens (including phenoxy) is 1. The number of alkyl halides is 2. The van der Waals surface area contributed by atoms with E-state index in [1.807, 2.05) is 0 Å². The molecule has 2 heterocycles. The largest absolute Gasteiger partial charge is 0.384 e. The number of nitrogens with two attached hydrogens (primary N) is 1. The lowest BCUT2D eigenvalue weighted by Gasteiger charge is -2.34. The van der Waals surface area contributed by atoms with Crippen molar-refractivity contribution < 1.29 is 33.0 Å². The summed E-state index contributed by atoms with van der Waals surface area (Å²) in [6, 6.07) is 12.3. The number of amides is 3. The van der Waals surface area contributed by atoms with Gasteiger partial charge in [-0.25, -0.2) is 8.78 Å². The van der Waals surface area contributed by atoms with E-state index in [-0.39, 0.29) is 37.6 Å². The molecule has 37 heavy (non-hydrogen) atoms. The maximum Gasteiger partial charge on any atom is 0.259 e. The van der Waals surface area contributed by atoms with Crippen molar-refractivity contribution in [3.05, 3.63) is 59.7 Å². The number of nitrogens with one attached hydrogen (secondary N) is 2. The van der Waals surface area contributed by atoms with Gasteiger partial charge in [0.05, 0.1) is 6.61 Å². The number of amidine groups is 1. The number of likely N-dealkylation sites (tertiary alicyclic amines) is 1. The number of aliphatic hydroxyl groups is 1. The maximum atomic E-state index is 13.5. The number of nitrogen functional groups attached to an aromatic ring is 1. The molecule has 2 atom stereocenters. The zero-order chi connectivity index (χ0) is 26.7. The predicted molar refractivity (Wildman–Crippen MR) is 131 cm³/mol. The Kier molecular flexibility index (Phi) is 7.50. The molecule has 0 spiro atoms. The van der Waals surface area contributed by atoms with Gasteiger partial charge in [0.2, 0.25) is 0 Å². The van der Waals surface area contributed by atoms with Crippen LogP contribution in [0.5, 0.6) is 0 Å². The summed E-state index contributed by atoms with van der Waals surface area (Å²) in [5.74, 6) is -4.85. The minimum absolute atomic E-state index is 0.0352. The Bertz CT molecular complexity index is 1200. The molecule has 0 radical (unpaired) electrons. The summed E-state index contributed by atoms with van der Waals surface area (Å²) < 4.78 is 32.3. The third kappa shape index (κ3) is 5.92. The first-order valence-electron chi connectivity index (χ1n) is 11.7. The van der Waals surface area contributed by atoms with E-state index in [4.69, 9.17) is 15.9 Å². The lowest BCUT2D eigenvalue weighted by Crippen LogP contribution is -2.55. The van der Waals surface area contributed by atoms with Gasteiger partial charge >= 0.3 is 0 Å². The van der Waals surface area contributed by atoms with Crippen LogP contribution in [-0.4, -0.2) is 77.9 Å². The Hall–Kier alpha value is -3.90. The van der Waals surface area contributed by atoms with Crippen molar-refractivity contribution in [1.29, 1.82) is 5.41 Å². The maximum absolute atomic E-state index is 13.5. The molecular formula is C25H27F2N5O5. The van der Waals surface area contributed by atoms with Crippen molar-refractivity contribution in [3.63, 3.8) is 0 Å². The number of morpholine rings is 1. The number of rotatable bonds is 6. The number of carbonyl (C=O) groups excluding carboxylic acids is 3. The number of carbonyl (C=O) groups is 3. The minimum atomic E-state index is -2.78. The van der Waals surface area contributed by atoms with Crippen molar-refractivity contribution >= 4 is 34.9 Å². The number of benzene rings is 2. The van der Waals surface area contributed by atoms with E-state index in [1.165, 1.54) is 40.1 Å². The fourth-order valence-corrected chi connectivity index (χ4v) is 4.20. The molecule has 0 aliphatic carbocycles. The fourth-order valence-electron chi connectivity index (χ4n) is 4.20. The van der Waals surface area contributed by atoms with Gasteiger partial charge in [-0.05, 0) is 42.5 Å². The summed E-state index contributed by atoms with van der Waals surface area (Å²) in [7, 11) is 0. The van der Waals surface area contributed by atoms with E-state index in [2.05, 4.69) is 5.32 Å². The molecule has 0 bridgehead atoms. The summed E-state index contributed by atoms with van der Waals surface area (Å²) in [6.07, 6.45) is -4.09. The standard InChI is InChI=1S/C25H27F2N5O5/c26-25(27)8-10-31(11-9-25)23(35)16-2-1-3-18(14-16)32-12-13-37-20(24(32)36)19(33)22(34)30-17-6-4-15(5-7-17)21(28)29/h1-7,14,19-20,33H,8-13H2,(H3,28,29)(H,30,34)/t19-,20-/m1/s1. The fraction of sp³-hybridized carbons (Fsp3) is 0.360. The molecule has 2 fully saturated rings. The Labute approximate surface area is 211 Å². The third-order valence-electron chi connectivity index (χ3n) is 6.33. The number of halogens is 2. The molecule has 2 aromatic rings. The first kappa shape index (κ1) is 26.2. The highest BCUT2D eigenvalue weighted by molar-refractivity contribution is 6.05. The topological polar surface area (TPSA) is 149 Å². The van der Waals surface area contributed by atoms with Crippen molar-refractivity contribution in [1.82, 2.24) is 4.90 Å². The molecular weight excluding hydrogens is 488 g/mol. The minimum Gasteiger partial charge on any atom is -0.384 e. The zero-order valence-corrected chi connectivity index (χ0v) is 19.8. The molecule has 2 aliphatic rings. The molecule has 196 valence electrons. The smallest absolute Gasteiger partial charge is 0.259 e. The van der Waals surface area contributed by atoms with Crippen LogP contribution in [0.25, 0.3) is 0 Å². The van der Waals surface area contributed by atoms with Gasteiger partial charge in [-0.2, -0.15) is 0 Å². The molecule has 10 nitrogen and oxygen atoms in total. The quantitative estimate of drug-likeness (QED) is 0.339. The highest BCUT2D eigenvalue weighted by atomic mass is 19.3. The van der Waals surface area contributed by atoms with Crippen LogP contribution in [0.15, 0.2) is 48.5 Å². The van der Waals surface area contributed by atoms with Crippen LogP contribution in [0.1, 0.15) is 28.8 Å². The monoisotopic (exact) mass is 515 g/mol. The Morgan fingerprint density at radius 1 is 1.11 bits per heavy atom. The van der Waals surface area contributed by atoms with Gasteiger partial charge in [-0.15, -0.1) is 0 Å². The molecule has 0 aromatic heterocycles. The summed E-state index contributed by atoms with van der Waals surface area (Å²) in [4.78, 5) is 41.3. The third-order valence-corrected chi connectivity index (χ3v) is 6.33. The van der Waals surface area contributed by atoms with E-state index in [1.54, 1.807) is 18.2 Å². The number of anilines is 2. The van der Waals surface area contributed by atoms with Crippen LogP contribution >= 0.6 is 0 Å². The summed E-state index contributed by atoms with van der Waals surface area (Å²) >= 11 is 0. The second-order valence-electron chi connectivity index (χ2n) is 8.90. The van der Waals surface area contributed by atoms with E-state index in [9.17, 15) is 28.3 Å². The number of hydrogen-bond donors (Lipinski definition) is 4. The molecule has 3 amide bonds. The average Bonchev–Trinajstić information content (AvgIpc) is 2.88. The van der Waals surface area contributed by atoms with Gasteiger partial charge in [-0.1, -0.05) is 6.07 Å². The van der Waals surface area contributed by atoms with Crippen molar-refractivity contribution in [2.75, 3.05) is 36.5 Å². The van der Waals surface area contributed by atoms with Crippen molar-refractivity contribution in [2.45, 2.75) is 31.0 Å². The summed E-state index contributed by atoms with van der Waals surface area (Å²) in [6.45, 7) is 0.0397. The summed E-state index contributed by atoms with van der Waals surface area (Å²) in [5.41, 5.74) is 6.80. The molecule has 2 saturated heterocycles. The summed E-state index contributed by atoms with van der Waals surface area (Å²) in [5, 5.41) is 20.5. The van der Waals surface area contributed by atoms with E-state index in [0.29, 0.717) is 16.9 Å². The number of piperidine rings is 1. The van der Waals surface area contributed by atoms with Crippen molar-refractivity contribution in [2.24, 2.45) is 5.73 Å². The second-order valence-corrected chi connectivity index (χ2v) is 8.90. The van der Waals surface area contributed by atoms with Crippen LogP contribution in [0, 0.1) is 5.41 Å². The first-order chi connectivity index (χ1) is 17.6. The molecule has 0 saturated carbocycles. The van der Waals surface area contributed by atoms with Crippen LogP contribution in [0.4, 0.5) is 20.2 Å². The van der Waals surface area contributed by atoms with Crippen LogP contribution in [-0.2, 0) is 14.3 Å². The van der Waals surface area contributed by atoms with Crippen LogP contribution in [0.3, 0.4) is 0 Å². The predicted octanol–water partition coefficient (Wildman–Crippen LogP) is 1.57. The normalized spacial score (nSPS) is 20.3. The van der Waals surface area contributed by atoms with Crippen molar-refractivity contribution in [3.8, 4) is 0 Å². The second kappa shape index (κ2) is 10.6. The average molecular weight is 516 g/mol. The van der Waals surface area contributed by atoms with Gasteiger partial charge < -0.3 is 30.7 Å². The Morgan fingerprint density at radius 3 is 2.43 bits per heavy atom. The molecule has 4 rings (SSSR count). The van der Waals surface area contributed by atoms with Gasteiger partial charge in [0.15, 0.2) is 12.2 Å². The first-order valence-corrected chi connectivity index (χ1v) is 11.7. The Morgan fingerprint density at radius 2 is 1.78 bits per heavy atom. The van der Waals surface area contributed by atoms with Gasteiger partial charge in [-0.3, -0.25) is 19.8 Å². The number of aliphatic hydroxyl groups excluding tert-OH is 1. The van der Waals surface area contributed by atoms with E-state index in [0.717, 1.165) is 0 Å². The molecule has 12 heteroatoms. The molecule has 5 N–H and O–H groups in total. The van der Waals surface area contributed by atoms with E-state index < -0.39 is 48.7 Å². The highest BCUT2D eigenvalue weighted by Crippen LogP contribution is 2.29. The zero-order valence-electron chi connectivity index (χ0n) is 19.8. The van der Waals surface area contributed by atoms with Gasteiger partial charge in [0.25, 0.3) is 23.6 Å². The highest BCUT2D eigenvalue weighted by Gasteiger charge is 2.40. The van der Waals surface area contributed by atoms with E-state index >= 15 is 0 Å². The van der Waals surface area contributed by atoms with Gasteiger partial charge in [0.1, 0.15) is 5.84 Å². The molecule has 2 aliphatic heterocycles. The van der Waals surface area contributed by atoms with Gasteiger partial charge in [0, 0.05) is 55.0 Å².